The first kappa shape index (κ1) is 15.3. The van der Waals surface area contributed by atoms with E-state index in [0.717, 1.165) is 0 Å². The minimum absolute atomic E-state index is 0.0561. The van der Waals surface area contributed by atoms with Crippen LogP contribution in [0.25, 0.3) is 0 Å². The molecular formula is C14H17ClN4O2. The molecule has 0 aliphatic heterocycles. The molecule has 21 heavy (non-hydrogen) atoms. The predicted octanol–water partition coefficient (Wildman–Crippen LogP) is 2.51. The van der Waals surface area contributed by atoms with E-state index in [2.05, 4.69) is 10.1 Å². The van der Waals surface area contributed by atoms with Gasteiger partial charge in [0.05, 0.1) is 39.6 Å². The van der Waals surface area contributed by atoms with Crippen LogP contribution in [0.15, 0.2) is 12.3 Å². The van der Waals surface area contributed by atoms with Crippen LogP contribution in [0.4, 0.5) is 5.69 Å². The number of carbonyl (C=O) groups is 1. The van der Waals surface area contributed by atoms with E-state index in [4.69, 9.17) is 22.1 Å². The van der Waals surface area contributed by atoms with Gasteiger partial charge in [-0.05, 0) is 26.8 Å². The lowest BCUT2D eigenvalue weighted by Crippen LogP contribution is -2.11. The van der Waals surface area contributed by atoms with E-state index in [1.807, 2.05) is 13.8 Å². The standard InChI is InChI=1S/C14H17ClN4O2/c1-4-19-12(13(15)9(3)18-19)7-21-14(20)11-5-10(16)6-17-8(11)2/h5-6H,4,7,16H2,1-3H3. The maximum atomic E-state index is 12.1. The highest BCUT2D eigenvalue weighted by Crippen LogP contribution is 2.21. The summed E-state index contributed by atoms with van der Waals surface area (Å²) in [5, 5.41) is 4.79. The number of nitrogen functional groups attached to an aromatic ring is 1. The Labute approximate surface area is 127 Å². The zero-order valence-electron chi connectivity index (χ0n) is 12.2. The lowest BCUT2D eigenvalue weighted by Gasteiger charge is -2.09. The van der Waals surface area contributed by atoms with E-state index in [1.165, 1.54) is 6.20 Å². The first-order valence-electron chi connectivity index (χ1n) is 6.55. The molecule has 0 spiro atoms. The number of hydrogen-bond donors (Lipinski definition) is 1. The van der Waals surface area contributed by atoms with E-state index in [0.29, 0.717) is 39.9 Å². The number of nitrogens with zero attached hydrogens (tertiary/aromatic N) is 3. The molecule has 0 amide bonds. The largest absolute Gasteiger partial charge is 0.455 e. The second kappa shape index (κ2) is 6.13. The maximum absolute atomic E-state index is 12.1. The van der Waals surface area contributed by atoms with Gasteiger partial charge in [0, 0.05) is 6.54 Å². The second-order valence-corrected chi connectivity index (χ2v) is 5.02. The molecule has 6 nitrogen and oxygen atoms in total. The lowest BCUT2D eigenvalue weighted by molar-refractivity contribution is 0.0461. The van der Waals surface area contributed by atoms with Crippen molar-refractivity contribution in [2.24, 2.45) is 0 Å². The summed E-state index contributed by atoms with van der Waals surface area (Å²) in [6, 6.07) is 1.55. The van der Waals surface area contributed by atoms with Crippen molar-refractivity contribution in [2.45, 2.75) is 33.9 Å². The van der Waals surface area contributed by atoms with Crippen LogP contribution in [0, 0.1) is 13.8 Å². The molecule has 0 aliphatic rings. The Hall–Kier alpha value is -2.08. The number of carbonyl (C=O) groups excluding carboxylic acids is 1. The molecule has 2 heterocycles. The lowest BCUT2D eigenvalue weighted by atomic mass is 10.2. The fraction of sp³-hybridized carbons (Fsp3) is 0.357. The van der Waals surface area contributed by atoms with E-state index in [1.54, 1.807) is 17.7 Å². The third-order valence-electron chi connectivity index (χ3n) is 3.12. The molecule has 0 saturated heterocycles. The minimum Gasteiger partial charge on any atom is -0.455 e. The third-order valence-corrected chi connectivity index (χ3v) is 3.61. The van der Waals surface area contributed by atoms with Crippen molar-refractivity contribution in [2.75, 3.05) is 5.73 Å². The van der Waals surface area contributed by atoms with Crippen LogP contribution < -0.4 is 5.73 Å². The Morgan fingerprint density at radius 3 is 2.81 bits per heavy atom. The molecule has 0 saturated carbocycles. The van der Waals surface area contributed by atoms with Gasteiger partial charge in [0.1, 0.15) is 6.61 Å². The molecular weight excluding hydrogens is 292 g/mol. The van der Waals surface area contributed by atoms with Crippen molar-refractivity contribution in [3.8, 4) is 0 Å². The Bertz CT molecular complexity index is 682. The van der Waals surface area contributed by atoms with Crippen LogP contribution in [-0.2, 0) is 17.9 Å². The monoisotopic (exact) mass is 308 g/mol. The van der Waals surface area contributed by atoms with Crippen LogP contribution >= 0.6 is 11.6 Å². The van der Waals surface area contributed by atoms with Crippen molar-refractivity contribution in [3.05, 3.63) is 39.9 Å². The maximum Gasteiger partial charge on any atom is 0.340 e. The summed E-state index contributed by atoms with van der Waals surface area (Å²) in [5.41, 5.74) is 8.37. The fourth-order valence-electron chi connectivity index (χ4n) is 1.97. The number of pyridine rings is 1. The van der Waals surface area contributed by atoms with Gasteiger partial charge in [-0.3, -0.25) is 9.67 Å². The number of aromatic nitrogens is 3. The van der Waals surface area contributed by atoms with Gasteiger partial charge in [0.15, 0.2) is 0 Å². The number of rotatable bonds is 4. The minimum atomic E-state index is -0.482. The summed E-state index contributed by atoms with van der Waals surface area (Å²) in [6.07, 6.45) is 1.50. The summed E-state index contributed by atoms with van der Waals surface area (Å²) in [6.45, 7) is 6.19. The first-order chi connectivity index (χ1) is 9.93. The topological polar surface area (TPSA) is 83.0 Å². The number of anilines is 1. The van der Waals surface area contributed by atoms with Crippen LogP contribution in [-0.4, -0.2) is 20.7 Å². The van der Waals surface area contributed by atoms with Gasteiger partial charge >= 0.3 is 5.97 Å². The average molecular weight is 309 g/mol. The number of ether oxygens (including phenoxy) is 1. The van der Waals surface area contributed by atoms with Gasteiger partial charge in [0.2, 0.25) is 0 Å². The molecule has 0 fully saturated rings. The summed E-state index contributed by atoms with van der Waals surface area (Å²) < 4.78 is 7.02. The SMILES string of the molecule is CCn1nc(C)c(Cl)c1COC(=O)c1cc(N)cnc1C. The molecule has 0 unspecified atom stereocenters. The summed E-state index contributed by atoms with van der Waals surface area (Å²) >= 11 is 6.17. The van der Waals surface area contributed by atoms with Crippen molar-refractivity contribution in [1.82, 2.24) is 14.8 Å². The number of nitrogens with two attached hydrogens (primary N) is 1. The van der Waals surface area contributed by atoms with Gasteiger partial charge in [0.25, 0.3) is 0 Å². The van der Waals surface area contributed by atoms with Gasteiger partial charge in [-0.15, -0.1) is 0 Å². The molecule has 0 aliphatic carbocycles. The smallest absolute Gasteiger partial charge is 0.340 e. The van der Waals surface area contributed by atoms with Gasteiger partial charge in [-0.25, -0.2) is 4.79 Å². The quantitative estimate of drug-likeness (QED) is 0.877. The molecule has 2 aromatic heterocycles. The Morgan fingerprint density at radius 1 is 1.43 bits per heavy atom. The van der Waals surface area contributed by atoms with E-state index < -0.39 is 5.97 Å². The van der Waals surface area contributed by atoms with Crippen LogP contribution in [0.3, 0.4) is 0 Å². The van der Waals surface area contributed by atoms with E-state index in [-0.39, 0.29) is 6.61 Å². The average Bonchev–Trinajstić information content (AvgIpc) is 2.74. The van der Waals surface area contributed by atoms with Crippen molar-refractivity contribution in [3.63, 3.8) is 0 Å². The highest BCUT2D eigenvalue weighted by Gasteiger charge is 2.17. The zero-order chi connectivity index (χ0) is 15.6. The first-order valence-corrected chi connectivity index (χ1v) is 6.92. The predicted molar refractivity (Wildman–Crippen MR) is 80.2 cm³/mol. The van der Waals surface area contributed by atoms with Crippen molar-refractivity contribution in [1.29, 1.82) is 0 Å². The van der Waals surface area contributed by atoms with Crippen LogP contribution in [0.5, 0.6) is 0 Å². The fourth-order valence-corrected chi connectivity index (χ4v) is 2.16. The molecule has 0 aromatic carbocycles. The molecule has 0 radical (unpaired) electrons. The van der Waals surface area contributed by atoms with Crippen molar-refractivity contribution >= 4 is 23.3 Å². The van der Waals surface area contributed by atoms with Crippen molar-refractivity contribution < 1.29 is 9.53 Å². The normalized spacial score (nSPS) is 10.7. The molecule has 2 rings (SSSR count). The van der Waals surface area contributed by atoms with Gasteiger partial charge in [-0.1, -0.05) is 11.6 Å². The third kappa shape index (κ3) is 3.16. The van der Waals surface area contributed by atoms with Gasteiger partial charge in [-0.2, -0.15) is 5.10 Å². The highest BCUT2D eigenvalue weighted by molar-refractivity contribution is 6.31. The molecule has 0 bridgehead atoms. The summed E-state index contributed by atoms with van der Waals surface area (Å²) in [7, 11) is 0. The molecule has 7 heteroatoms. The summed E-state index contributed by atoms with van der Waals surface area (Å²) in [4.78, 5) is 16.2. The van der Waals surface area contributed by atoms with Gasteiger partial charge < -0.3 is 10.5 Å². The highest BCUT2D eigenvalue weighted by atomic mass is 35.5. The Balaban J connectivity index is 2.16. The number of aryl methyl sites for hydroxylation is 3. The second-order valence-electron chi connectivity index (χ2n) is 4.64. The Morgan fingerprint density at radius 2 is 2.14 bits per heavy atom. The molecule has 112 valence electrons. The number of hydrogen-bond acceptors (Lipinski definition) is 5. The number of esters is 1. The molecule has 0 atom stereocenters. The van der Waals surface area contributed by atoms with E-state index >= 15 is 0 Å². The van der Waals surface area contributed by atoms with Crippen LogP contribution in [0.2, 0.25) is 5.02 Å². The Kier molecular flexibility index (Phi) is 4.47. The van der Waals surface area contributed by atoms with E-state index in [9.17, 15) is 4.79 Å². The van der Waals surface area contributed by atoms with Crippen LogP contribution in [0.1, 0.15) is 34.4 Å². The summed E-state index contributed by atoms with van der Waals surface area (Å²) in [5.74, 6) is -0.482. The molecule has 2 N–H and O–H groups in total. The number of halogens is 1. The zero-order valence-corrected chi connectivity index (χ0v) is 12.9. The molecule has 2 aromatic rings.